The maximum Gasteiger partial charge on any atom is 0.321 e. The van der Waals surface area contributed by atoms with E-state index >= 15 is 0 Å². The van der Waals surface area contributed by atoms with Crippen LogP contribution in [0, 0.1) is 28.6 Å². The molecule has 0 spiro atoms. The number of carbonyl (C=O) groups is 1. The molecular weight excluding hydrogens is 354 g/mol. The summed E-state index contributed by atoms with van der Waals surface area (Å²) in [6.07, 6.45) is 6.68. The monoisotopic (exact) mass is 375 g/mol. The van der Waals surface area contributed by atoms with E-state index in [0.29, 0.717) is 19.0 Å². The first-order valence-electron chi connectivity index (χ1n) is 9.34. The Labute approximate surface area is 162 Å². The quantitative estimate of drug-likeness (QED) is 0.711. The Morgan fingerprint density at radius 2 is 2.14 bits per heavy atom. The first-order chi connectivity index (χ1) is 13.6. The lowest BCUT2D eigenvalue weighted by Crippen LogP contribution is -2.49. The van der Waals surface area contributed by atoms with Gasteiger partial charge in [0.05, 0.1) is 23.7 Å². The highest BCUT2D eigenvalue weighted by molar-refractivity contribution is 6.02. The molecule has 3 aromatic rings. The molecule has 0 unspecified atom stereocenters. The molecule has 8 nitrogen and oxygen atoms in total. The van der Waals surface area contributed by atoms with Gasteiger partial charge in [-0.25, -0.2) is 9.78 Å². The third kappa shape index (κ3) is 2.93. The zero-order valence-corrected chi connectivity index (χ0v) is 15.7. The van der Waals surface area contributed by atoms with Crippen LogP contribution in [0.2, 0.25) is 0 Å². The number of carbonyl (C=O) groups excluding carboxylic acids is 1. The highest BCUT2D eigenvalue weighted by Gasteiger charge is 2.32. The molecule has 8 heteroatoms. The second-order valence-corrected chi connectivity index (χ2v) is 7.26. The number of pyridine rings is 1. The van der Waals surface area contributed by atoms with Gasteiger partial charge in [-0.3, -0.25) is 4.90 Å². The van der Waals surface area contributed by atoms with Gasteiger partial charge in [0.1, 0.15) is 18.7 Å². The van der Waals surface area contributed by atoms with Crippen molar-refractivity contribution in [1.29, 1.82) is 10.5 Å². The van der Waals surface area contributed by atoms with Crippen molar-refractivity contribution >= 4 is 28.0 Å². The van der Waals surface area contributed by atoms with Crippen molar-refractivity contribution in [2.45, 2.75) is 19.4 Å². The molecule has 0 radical (unpaired) electrons. The Hall–Kier alpha value is -3.52. The van der Waals surface area contributed by atoms with Gasteiger partial charge in [0.15, 0.2) is 0 Å². The smallest absolute Gasteiger partial charge is 0.321 e. The number of hydrogen-bond donors (Lipinski definition) is 1. The normalized spacial score (nSPS) is 19.5. The fourth-order valence-corrected chi connectivity index (χ4v) is 4.08. The molecular formula is C20H21N7O. The van der Waals surface area contributed by atoms with Gasteiger partial charge in [-0.1, -0.05) is 6.92 Å². The van der Waals surface area contributed by atoms with E-state index < -0.39 is 0 Å². The molecule has 0 aromatic carbocycles. The molecule has 1 fully saturated rings. The Bertz CT molecular complexity index is 1080. The molecule has 2 amide bonds. The van der Waals surface area contributed by atoms with Crippen LogP contribution >= 0.6 is 0 Å². The summed E-state index contributed by atoms with van der Waals surface area (Å²) >= 11 is 0. The number of aromatic amines is 1. The van der Waals surface area contributed by atoms with E-state index in [1.807, 2.05) is 30.6 Å². The summed E-state index contributed by atoms with van der Waals surface area (Å²) in [6, 6.07) is 7.90. The van der Waals surface area contributed by atoms with Crippen LogP contribution in [0.25, 0.3) is 21.9 Å². The number of rotatable bonds is 3. The standard InChI is InChI=1S/C20H21N7O/c1-14-3-8-26(20(28)25(10-5-21)11-6-22)13-17(14)27-9-4-15-12-24-19-16(18(15)27)2-7-23-19/h2,4,7,9,12,14,17H,3,8,10-11,13H2,1H3,(H,23,24)/t14-,17+/m1/s1. The fourth-order valence-electron chi connectivity index (χ4n) is 4.08. The molecule has 1 aliphatic heterocycles. The number of nitrogens with zero attached hydrogens (tertiary/aromatic N) is 6. The number of amides is 2. The van der Waals surface area contributed by atoms with Crippen LogP contribution < -0.4 is 0 Å². The summed E-state index contributed by atoms with van der Waals surface area (Å²) in [4.78, 5) is 23.5. The number of nitriles is 2. The van der Waals surface area contributed by atoms with E-state index in [0.717, 1.165) is 28.4 Å². The minimum absolute atomic E-state index is 0.0782. The van der Waals surface area contributed by atoms with Crippen LogP contribution in [0.3, 0.4) is 0 Å². The number of likely N-dealkylation sites (tertiary alicyclic amines) is 1. The largest absolute Gasteiger partial charge is 0.346 e. The number of urea groups is 1. The number of fused-ring (bicyclic) bond motifs is 3. The van der Waals surface area contributed by atoms with E-state index in [1.54, 1.807) is 4.90 Å². The van der Waals surface area contributed by atoms with Gasteiger partial charge >= 0.3 is 6.03 Å². The average molecular weight is 375 g/mol. The maximum absolute atomic E-state index is 12.9. The molecule has 0 bridgehead atoms. The van der Waals surface area contributed by atoms with E-state index in [4.69, 9.17) is 10.5 Å². The Balaban J connectivity index is 1.67. The summed E-state index contributed by atoms with van der Waals surface area (Å²) in [6.45, 7) is 3.22. The van der Waals surface area contributed by atoms with Crippen LogP contribution in [0.5, 0.6) is 0 Å². The minimum atomic E-state index is -0.245. The number of nitrogens with one attached hydrogen (secondary N) is 1. The average Bonchev–Trinajstić information content (AvgIpc) is 3.34. The van der Waals surface area contributed by atoms with Crippen LogP contribution in [0.15, 0.2) is 30.7 Å². The molecule has 3 aromatic heterocycles. The fraction of sp³-hybridized carbons (Fsp3) is 0.400. The molecule has 1 aliphatic rings. The molecule has 1 N–H and O–H groups in total. The van der Waals surface area contributed by atoms with Crippen molar-refractivity contribution < 1.29 is 4.79 Å². The lowest BCUT2D eigenvalue weighted by Gasteiger charge is -2.39. The molecule has 0 aliphatic carbocycles. The first kappa shape index (κ1) is 17.9. The van der Waals surface area contributed by atoms with Gasteiger partial charge in [0.2, 0.25) is 0 Å². The summed E-state index contributed by atoms with van der Waals surface area (Å²) in [7, 11) is 0. The van der Waals surface area contributed by atoms with Crippen molar-refractivity contribution in [3.05, 3.63) is 30.7 Å². The molecule has 4 rings (SSSR count). The van der Waals surface area contributed by atoms with Gasteiger partial charge in [-0.2, -0.15) is 10.5 Å². The number of hydrogen-bond acceptors (Lipinski definition) is 4. The molecule has 2 atom stereocenters. The first-order valence-corrected chi connectivity index (χ1v) is 9.34. The van der Waals surface area contributed by atoms with Crippen LogP contribution in [-0.4, -0.2) is 56.5 Å². The molecule has 1 saturated heterocycles. The lowest BCUT2D eigenvalue weighted by atomic mass is 9.93. The summed E-state index contributed by atoms with van der Waals surface area (Å²) in [5, 5.41) is 20.1. The topological polar surface area (TPSA) is 105 Å². The second kappa shape index (κ2) is 7.24. The summed E-state index contributed by atoms with van der Waals surface area (Å²) in [5.74, 6) is 0.391. The van der Waals surface area contributed by atoms with Crippen molar-refractivity contribution in [3.63, 3.8) is 0 Å². The maximum atomic E-state index is 12.9. The lowest BCUT2D eigenvalue weighted by molar-refractivity contribution is 0.119. The summed E-state index contributed by atoms with van der Waals surface area (Å²) < 4.78 is 2.25. The van der Waals surface area contributed by atoms with Crippen molar-refractivity contribution in [1.82, 2.24) is 24.3 Å². The zero-order chi connectivity index (χ0) is 19.7. The zero-order valence-electron chi connectivity index (χ0n) is 15.7. The molecule has 142 valence electrons. The second-order valence-electron chi connectivity index (χ2n) is 7.26. The van der Waals surface area contributed by atoms with E-state index in [2.05, 4.69) is 33.7 Å². The van der Waals surface area contributed by atoms with Gasteiger partial charge in [-0.05, 0) is 24.5 Å². The van der Waals surface area contributed by atoms with E-state index in [1.165, 1.54) is 4.90 Å². The van der Waals surface area contributed by atoms with Crippen LogP contribution in [-0.2, 0) is 0 Å². The third-order valence-corrected chi connectivity index (χ3v) is 5.60. The predicted octanol–water partition coefficient (Wildman–Crippen LogP) is 2.87. The number of H-pyrrole nitrogens is 1. The van der Waals surface area contributed by atoms with Gasteiger partial charge in [0, 0.05) is 42.5 Å². The Kier molecular flexibility index (Phi) is 4.62. The van der Waals surface area contributed by atoms with Gasteiger partial charge in [0.25, 0.3) is 0 Å². The Morgan fingerprint density at radius 3 is 2.89 bits per heavy atom. The van der Waals surface area contributed by atoms with Crippen molar-refractivity contribution in [2.75, 3.05) is 26.2 Å². The predicted molar refractivity (Wildman–Crippen MR) is 104 cm³/mol. The van der Waals surface area contributed by atoms with E-state index in [9.17, 15) is 4.79 Å². The van der Waals surface area contributed by atoms with Crippen LogP contribution in [0.1, 0.15) is 19.4 Å². The van der Waals surface area contributed by atoms with Gasteiger partial charge < -0.3 is 14.5 Å². The highest BCUT2D eigenvalue weighted by atomic mass is 16.2. The number of piperidine rings is 1. The highest BCUT2D eigenvalue weighted by Crippen LogP contribution is 2.34. The van der Waals surface area contributed by atoms with Crippen molar-refractivity contribution in [3.8, 4) is 12.1 Å². The third-order valence-electron chi connectivity index (χ3n) is 5.60. The van der Waals surface area contributed by atoms with Gasteiger partial charge in [-0.15, -0.1) is 0 Å². The van der Waals surface area contributed by atoms with Crippen molar-refractivity contribution in [2.24, 2.45) is 5.92 Å². The number of aromatic nitrogens is 3. The Morgan fingerprint density at radius 1 is 1.36 bits per heavy atom. The molecule has 28 heavy (non-hydrogen) atoms. The van der Waals surface area contributed by atoms with Crippen LogP contribution in [0.4, 0.5) is 4.79 Å². The molecule has 4 heterocycles. The molecule has 0 saturated carbocycles. The minimum Gasteiger partial charge on any atom is -0.346 e. The van der Waals surface area contributed by atoms with E-state index in [-0.39, 0.29) is 25.2 Å². The SMILES string of the molecule is C[C@@H]1CCN(C(=O)N(CC#N)CC#N)C[C@@H]1n1ccc2cnc3[nH]ccc3c21. The summed E-state index contributed by atoms with van der Waals surface area (Å²) in [5.41, 5.74) is 1.96.